The maximum absolute atomic E-state index is 13.1. The highest BCUT2D eigenvalue weighted by Gasteiger charge is 2.26. The van der Waals surface area contributed by atoms with E-state index in [1.807, 2.05) is 31.2 Å². The van der Waals surface area contributed by atoms with Gasteiger partial charge in [-0.15, -0.1) is 10.2 Å². The van der Waals surface area contributed by atoms with Gasteiger partial charge in [-0.1, -0.05) is 12.1 Å². The first kappa shape index (κ1) is 21.6. The van der Waals surface area contributed by atoms with E-state index in [0.717, 1.165) is 17.1 Å². The van der Waals surface area contributed by atoms with E-state index in [1.165, 1.54) is 0 Å². The molecule has 1 fully saturated rings. The van der Waals surface area contributed by atoms with Crippen molar-refractivity contribution in [2.75, 3.05) is 37.7 Å². The van der Waals surface area contributed by atoms with Crippen molar-refractivity contribution in [2.24, 2.45) is 0 Å². The van der Waals surface area contributed by atoms with Gasteiger partial charge in [0.2, 0.25) is 0 Å². The van der Waals surface area contributed by atoms with Crippen LogP contribution in [-0.4, -0.2) is 58.8 Å². The number of para-hydroxylation sites is 1. The molecule has 0 spiro atoms. The Morgan fingerprint density at radius 3 is 2.62 bits per heavy atom. The van der Waals surface area contributed by atoms with Gasteiger partial charge in [0.15, 0.2) is 17.2 Å². The molecule has 3 aromatic heterocycles. The molecule has 1 aliphatic heterocycles. The summed E-state index contributed by atoms with van der Waals surface area (Å²) in [7, 11) is 0. The summed E-state index contributed by atoms with van der Waals surface area (Å²) in [5.41, 5.74) is 1.36. The van der Waals surface area contributed by atoms with E-state index < -0.39 is 5.63 Å². The van der Waals surface area contributed by atoms with E-state index in [-0.39, 0.29) is 11.5 Å². The summed E-state index contributed by atoms with van der Waals surface area (Å²) in [5, 5.41) is 9.31. The van der Waals surface area contributed by atoms with Crippen molar-refractivity contribution in [1.82, 2.24) is 20.1 Å². The number of benzene rings is 1. The lowest BCUT2D eigenvalue weighted by atomic mass is 10.1. The molecular formula is C25H23N5O4. The number of amides is 1. The number of aromatic nitrogens is 3. The SMILES string of the molecule is CCOc1cccc2cc(C(=O)N3CCN(c4ccc(-c5cccnc5)nn4)CC3)c(=O)oc12. The number of carbonyl (C=O) groups is 1. The number of anilines is 1. The molecule has 34 heavy (non-hydrogen) atoms. The summed E-state index contributed by atoms with van der Waals surface area (Å²) in [5.74, 6) is 0.893. The Bertz CT molecular complexity index is 1360. The monoisotopic (exact) mass is 457 g/mol. The van der Waals surface area contributed by atoms with Crippen LogP contribution in [0.5, 0.6) is 5.75 Å². The van der Waals surface area contributed by atoms with Gasteiger partial charge in [-0.3, -0.25) is 9.78 Å². The first-order chi connectivity index (χ1) is 16.6. The quantitative estimate of drug-likeness (QED) is 0.422. The predicted octanol–water partition coefficient (Wildman–Crippen LogP) is 3.01. The third kappa shape index (κ3) is 4.19. The van der Waals surface area contributed by atoms with Crippen molar-refractivity contribution in [1.29, 1.82) is 0 Å². The lowest BCUT2D eigenvalue weighted by Gasteiger charge is -2.35. The minimum atomic E-state index is -0.663. The number of pyridine rings is 1. The van der Waals surface area contributed by atoms with Gasteiger partial charge >= 0.3 is 5.63 Å². The fourth-order valence-corrected chi connectivity index (χ4v) is 4.01. The minimum absolute atomic E-state index is 0.0233. The van der Waals surface area contributed by atoms with Gasteiger partial charge in [-0.05, 0) is 43.3 Å². The average molecular weight is 457 g/mol. The van der Waals surface area contributed by atoms with Gasteiger partial charge in [0.25, 0.3) is 5.91 Å². The van der Waals surface area contributed by atoms with Crippen LogP contribution in [-0.2, 0) is 0 Å². The van der Waals surface area contributed by atoms with Crippen LogP contribution < -0.4 is 15.3 Å². The molecule has 172 valence electrons. The highest BCUT2D eigenvalue weighted by molar-refractivity contribution is 5.97. The second kappa shape index (κ2) is 9.30. The molecule has 1 aliphatic rings. The molecule has 0 atom stereocenters. The second-order valence-corrected chi connectivity index (χ2v) is 7.85. The van der Waals surface area contributed by atoms with Crippen LogP contribution in [0.15, 0.2) is 70.1 Å². The van der Waals surface area contributed by atoms with Crippen LogP contribution >= 0.6 is 0 Å². The van der Waals surface area contributed by atoms with Gasteiger partial charge in [0.1, 0.15) is 5.56 Å². The Labute approximate surface area is 195 Å². The molecule has 0 radical (unpaired) electrons. The number of hydrogen-bond acceptors (Lipinski definition) is 8. The third-order valence-corrected chi connectivity index (χ3v) is 5.75. The van der Waals surface area contributed by atoms with E-state index >= 15 is 0 Å². The summed E-state index contributed by atoms with van der Waals surface area (Å²) in [4.78, 5) is 33.6. The Morgan fingerprint density at radius 1 is 1.06 bits per heavy atom. The van der Waals surface area contributed by atoms with E-state index in [9.17, 15) is 9.59 Å². The molecule has 0 bridgehead atoms. The molecule has 5 rings (SSSR count). The van der Waals surface area contributed by atoms with E-state index in [2.05, 4.69) is 20.1 Å². The molecular weight excluding hydrogens is 434 g/mol. The summed E-state index contributed by atoms with van der Waals surface area (Å²) in [6.07, 6.45) is 3.46. The zero-order valence-electron chi connectivity index (χ0n) is 18.7. The maximum Gasteiger partial charge on any atom is 0.349 e. The number of rotatable bonds is 5. The Kier molecular flexibility index (Phi) is 5.90. The first-order valence-corrected chi connectivity index (χ1v) is 11.1. The van der Waals surface area contributed by atoms with E-state index in [1.54, 1.807) is 41.6 Å². The lowest BCUT2D eigenvalue weighted by molar-refractivity contribution is 0.0742. The molecule has 9 heteroatoms. The molecule has 1 aromatic carbocycles. The Balaban J connectivity index is 1.28. The summed E-state index contributed by atoms with van der Waals surface area (Å²) >= 11 is 0. The fraction of sp³-hybridized carbons (Fsp3) is 0.240. The Morgan fingerprint density at radius 2 is 1.91 bits per heavy atom. The number of carbonyl (C=O) groups excluding carboxylic acids is 1. The topological polar surface area (TPSA) is 102 Å². The van der Waals surface area contributed by atoms with Gasteiger partial charge in [-0.2, -0.15) is 0 Å². The van der Waals surface area contributed by atoms with Crippen molar-refractivity contribution in [3.05, 3.63) is 76.9 Å². The van der Waals surface area contributed by atoms with Gasteiger partial charge in [0.05, 0.1) is 12.3 Å². The molecule has 0 saturated carbocycles. The van der Waals surface area contributed by atoms with Crippen molar-refractivity contribution < 1.29 is 13.9 Å². The van der Waals surface area contributed by atoms with Crippen LogP contribution in [0.2, 0.25) is 0 Å². The van der Waals surface area contributed by atoms with Crippen molar-refractivity contribution >= 4 is 22.7 Å². The van der Waals surface area contributed by atoms with Crippen LogP contribution in [0, 0.1) is 0 Å². The summed E-state index contributed by atoms with van der Waals surface area (Å²) in [6, 6.07) is 14.5. The number of hydrogen-bond donors (Lipinski definition) is 0. The molecule has 1 amide bonds. The van der Waals surface area contributed by atoms with E-state index in [0.29, 0.717) is 49.5 Å². The highest BCUT2D eigenvalue weighted by Crippen LogP contribution is 2.25. The zero-order chi connectivity index (χ0) is 23.5. The number of fused-ring (bicyclic) bond motifs is 1. The molecule has 0 aliphatic carbocycles. The predicted molar refractivity (Wildman–Crippen MR) is 127 cm³/mol. The van der Waals surface area contributed by atoms with Crippen molar-refractivity contribution in [3.63, 3.8) is 0 Å². The standard InChI is InChI=1S/C25H23N5O4/c1-2-33-21-7-3-5-17-15-19(25(32)34-23(17)21)24(31)30-13-11-29(12-14-30)22-9-8-20(27-28-22)18-6-4-10-26-16-18/h3-10,15-16H,2,11-14H2,1H3. The number of nitrogens with zero attached hydrogens (tertiary/aromatic N) is 5. The van der Waals surface area contributed by atoms with Gasteiger partial charge < -0.3 is 19.0 Å². The summed E-state index contributed by atoms with van der Waals surface area (Å²) < 4.78 is 11.0. The summed E-state index contributed by atoms with van der Waals surface area (Å²) in [6.45, 7) is 4.39. The molecule has 9 nitrogen and oxygen atoms in total. The average Bonchev–Trinajstić information content (AvgIpc) is 2.89. The third-order valence-electron chi connectivity index (χ3n) is 5.75. The minimum Gasteiger partial charge on any atom is -0.490 e. The Hall–Kier alpha value is -4.27. The van der Waals surface area contributed by atoms with Crippen molar-refractivity contribution in [2.45, 2.75) is 6.92 Å². The zero-order valence-corrected chi connectivity index (χ0v) is 18.7. The van der Waals surface area contributed by atoms with Crippen LogP contribution in [0.1, 0.15) is 17.3 Å². The van der Waals surface area contributed by atoms with Crippen LogP contribution in [0.4, 0.5) is 5.82 Å². The van der Waals surface area contributed by atoms with Gasteiger partial charge in [0, 0.05) is 49.5 Å². The highest BCUT2D eigenvalue weighted by atomic mass is 16.5. The molecule has 0 N–H and O–H groups in total. The second-order valence-electron chi connectivity index (χ2n) is 7.85. The maximum atomic E-state index is 13.1. The smallest absolute Gasteiger partial charge is 0.349 e. The molecule has 4 heterocycles. The van der Waals surface area contributed by atoms with E-state index in [4.69, 9.17) is 9.15 Å². The van der Waals surface area contributed by atoms with Crippen LogP contribution in [0.3, 0.4) is 0 Å². The van der Waals surface area contributed by atoms with Crippen LogP contribution in [0.25, 0.3) is 22.2 Å². The largest absolute Gasteiger partial charge is 0.490 e. The number of ether oxygens (including phenoxy) is 1. The normalized spacial score (nSPS) is 13.8. The fourth-order valence-electron chi connectivity index (χ4n) is 4.01. The van der Waals surface area contributed by atoms with Gasteiger partial charge in [-0.25, -0.2) is 4.79 Å². The lowest BCUT2D eigenvalue weighted by Crippen LogP contribution is -2.49. The van der Waals surface area contributed by atoms with Crippen molar-refractivity contribution in [3.8, 4) is 17.0 Å². The molecule has 0 unspecified atom stereocenters. The number of piperazine rings is 1. The first-order valence-electron chi connectivity index (χ1n) is 11.1. The molecule has 4 aromatic rings. The molecule has 1 saturated heterocycles.